The molecule has 16 heavy (non-hydrogen) atoms. The van der Waals surface area contributed by atoms with Gasteiger partial charge < -0.3 is 0 Å². The molecule has 0 fully saturated rings. The van der Waals surface area contributed by atoms with E-state index in [0.29, 0.717) is 0 Å². The van der Waals surface area contributed by atoms with Crippen molar-refractivity contribution in [2.75, 3.05) is 0 Å². The van der Waals surface area contributed by atoms with Crippen LogP contribution in [0, 0.1) is 0 Å². The zero-order chi connectivity index (χ0) is 12.8. The highest BCUT2D eigenvalue weighted by Gasteiger charge is 2.18. The van der Waals surface area contributed by atoms with E-state index in [1.54, 1.807) is 12.2 Å². The Labute approximate surface area is 97.8 Å². The molecule has 0 amide bonds. The predicted octanol–water partition coefficient (Wildman–Crippen LogP) is 3.74. The summed E-state index contributed by atoms with van der Waals surface area (Å²) >= 11 is 0. The highest BCUT2D eigenvalue weighted by Crippen LogP contribution is 2.23. The number of rotatable bonds is 5. The van der Waals surface area contributed by atoms with Crippen LogP contribution in [-0.4, -0.2) is 11.6 Å². The van der Waals surface area contributed by atoms with Crippen LogP contribution in [0.5, 0.6) is 0 Å². The van der Waals surface area contributed by atoms with E-state index in [4.69, 9.17) is 0 Å². The van der Waals surface area contributed by atoms with Gasteiger partial charge in [-0.15, -0.1) is 0 Å². The molecule has 0 spiro atoms. The summed E-state index contributed by atoms with van der Waals surface area (Å²) in [5.41, 5.74) is 2.39. The fourth-order valence-corrected chi connectivity index (χ4v) is 1.05. The van der Waals surface area contributed by atoms with Gasteiger partial charge in [-0.25, -0.2) is 4.79 Å². The molecule has 0 radical (unpaired) electrons. The number of aliphatic imine (C=N–C) groups is 1. The third-order valence-corrected chi connectivity index (χ3v) is 2.45. The average molecular weight is 217 g/mol. The van der Waals surface area contributed by atoms with Gasteiger partial charge in [0.2, 0.25) is 6.08 Å². The lowest BCUT2D eigenvalue weighted by Gasteiger charge is -2.19. The Morgan fingerprint density at radius 1 is 1.38 bits per heavy atom. The lowest BCUT2D eigenvalue weighted by Crippen LogP contribution is -2.18. The van der Waals surface area contributed by atoms with E-state index in [0.717, 1.165) is 16.7 Å². The van der Waals surface area contributed by atoms with E-state index < -0.39 is 5.54 Å². The van der Waals surface area contributed by atoms with E-state index >= 15 is 0 Å². The average Bonchev–Trinajstić information content (AvgIpc) is 2.16. The Morgan fingerprint density at radius 3 is 2.31 bits per heavy atom. The molecule has 0 saturated heterocycles. The van der Waals surface area contributed by atoms with Crippen LogP contribution < -0.4 is 0 Å². The summed E-state index contributed by atoms with van der Waals surface area (Å²) in [5.74, 6) is 0. The van der Waals surface area contributed by atoms with Gasteiger partial charge in [-0.3, -0.25) is 0 Å². The molecule has 0 aliphatic heterocycles. The zero-order valence-corrected chi connectivity index (χ0v) is 10.5. The van der Waals surface area contributed by atoms with Gasteiger partial charge in [0.1, 0.15) is 0 Å². The molecule has 0 N–H and O–H groups in total. The normalized spacial score (nSPS) is 13.0. The molecule has 0 atom stereocenters. The smallest absolute Gasteiger partial charge is 0.211 e. The molecule has 0 saturated carbocycles. The molecule has 0 aromatic heterocycles. The fourth-order valence-electron chi connectivity index (χ4n) is 1.05. The Hall–Kier alpha value is -1.66. The van der Waals surface area contributed by atoms with Crippen LogP contribution in [0.3, 0.4) is 0 Å². The van der Waals surface area contributed by atoms with E-state index in [-0.39, 0.29) is 0 Å². The number of isocyanates is 1. The van der Waals surface area contributed by atoms with Crippen molar-refractivity contribution in [3.8, 4) is 0 Å². The summed E-state index contributed by atoms with van der Waals surface area (Å²) in [4.78, 5) is 14.1. The van der Waals surface area contributed by atoms with Gasteiger partial charge >= 0.3 is 0 Å². The summed E-state index contributed by atoms with van der Waals surface area (Å²) in [6, 6.07) is 0. The number of carbonyl (C=O) groups excluding carboxylic acids is 1. The minimum atomic E-state index is -0.530. The first-order valence-electron chi connectivity index (χ1n) is 5.11. The summed E-state index contributed by atoms with van der Waals surface area (Å²) in [7, 11) is 0. The topological polar surface area (TPSA) is 29.4 Å². The highest BCUT2D eigenvalue weighted by molar-refractivity contribution is 5.44. The summed E-state index contributed by atoms with van der Waals surface area (Å²) in [5, 5.41) is 0. The number of nitrogens with zero attached hydrogens (tertiary/aromatic N) is 1. The molecule has 0 aromatic rings. The van der Waals surface area contributed by atoms with Crippen molar-refractivity contribution in [1.82, 2.24) is 0 Å². The van der Waals surface area contributed by atoms with Crippen LogP contribution in [0.25, 0.3) is 0 Å². The van der Waals surface area contributed by atoms with Crippen LogP contribution in [-0.2, 0) is 4.79 Å². The molecular weight excluding hydrogens is 198 g/mol. The molecular formula is C14H19NO. The van der Waals surface area contributed by atoms with Crippen molar-refractivity contribution in [3.63, 3.8) is 0 Å². The lowest BCUT2D eigenvalue weighted by atomic mass is 9.93. The van der Waals surface area contributed by atoms with Gasteiger partial charge in [-0.05, 0) is 38.8 Å². The van der Waals surface area contributed by atoms with Crippen molar-refractivity contribution in [2.24, 2.45) is 4.99 Å². The number of allylic oxidation sites excluding steroid dienone is 5. The molecule has 2 heteroatoms. The van der Waals surface area contributed by atoms with Gasteiger partial charge in [0.25, 0.3) is 0 Å². The van der Waals surface area contributed by atoms with Gasteiger partial charge in [0, 0.05) is 0 Å². The largest absolute Gasteiger partial charge is 0.235 e. The standard InChI is InChI=1S/C14H19NO/c1-7-8-13(11(2)3)9-12(4)14(5,6)15-10-16/h7-9H,1-2H2,3-6H3. The molecule has 0 aromatic carbocycles. The Kier molecular flexibility index (Phi) is 5.41. The summed E-state index contributed by atoms with van der Waals surface area (Å²) < 4.78 is 0. The van der Waals surface area contributed by atoms with Crippen LogP contribution in [0.15, 0.2) is 53.1 Å². The molecule has 0 rings (SSSR count). The van der Waals surface area contributed by atoms with Crippen molar-refractivity contribution < 1.29 is 4.79 Å². The Bertz CT molecular complexity index is 391. The predicted molar refractivity (Wildman–Crippen MR) is 69.1 cm³/mol. The van der Waals surface area contributed by atoms with Gasteiger partial charge in [-0.2, -0.15) is 4.99 Å². The zero-order valence-electron chi connectivity index (χ0n) is 10.5. The van der Waals surface area contributed by atoms with Crippen LogP contribution in [0.1, 0.15) is 27.7 Å². The maximum atomic E-state index is 10.3. The van der Waals surface area contributed by atoms with Crippen molar-refractivity contribution in [2.45, 2.75) is 33.2 Å². The molecule has 86 valence electrons. The first-order chi connectivity index (χ1) is 7.35. The molecule has 0 aliphatic rings. The van der Waals surface area contributed by atoms with E-state index in [1.807, 2.05) is 39.8 Å². The second kappa shape index (κ2) is 6.04. The van der Waals surface area contributed by atoms with Gasteiger partial charge in [-0.1, -0.05) is 37.0 Å². The minimum absolute atomic E-state index is 0.530. The second-order valence-electron chi connectivity index (χ2n) is 4.23. The van der Waals surface area contributed by atoms with Gasteiger partial charge in [0.05, 0.1) is 5.54 Å². The monoisotopic (exact) mass is 217 g/mol. The number of hydrogen-bond acceptors (Lipinski definition) is 2. The molecule has 0 unspecified atom stereocenters. The summed E-state index contributed by atoms with van der Waals surface area (Å²) in [6.07, 6.45) is 7.15. The molecule has 2 nitrogen and oxygen atoms in total. The molecule has 0 bridgehead atoms. The third kappa shape index (κ3) is 4.24. The Morgan fingerprint density at radius 2 is 1.94 bits per heavy atom. The Balaban J connectivity index is 5.30. The molecule has 0 aliphatic carbocycles. The minimum Gasteiger partial charge on any atom is -0.211 e. The maximum absolute atomic E-state index is 10.3. The van der Waals surface area contributed by atoms with E-state index in [2.05, 4.69) is 18.2 Å². The fraction of sp³-hybridized carbons (Fsp3) is 0.357. The van der Waals surface area contributed by atoms with Crippen LogP contribution in [0.4, 0.5) is 0 Å². The first kappa shape index (κ1) is 14.3. The maximum Gasteiger partial charge on any atom is 0.235 e. The second-order valence-corrected chi connectivity index (χ2v) is 4.23. The molecule has 0 heterocycles. The lowest BCUT2D eigenvalue weighted by molar-refractivity contribution is 0.544. The third-order valence-electron chi connectivity index (χ3n) is 2.45. The van der Waals surface area contributed by atoms with Crippen molar-refractivity contribution in [3.05, 3.63) is 48.1 Å². The summed E-state index contributed by atoms with van der Waals surface area (Å²) in [6.45, 7) is 15.1. The number of hydrogen-bond donors (Lipinski definition) is 0. The van der Waals surface area contributed by atoms with Crippen molar-refractivity contribution >= 4 is 6.08 Å². The van der Waals surface area contributed by atoms with Gasteiger partial charge in [0.15, 0.2) is 0 Å². The van der Waals surface area contributed by atoms with Crippen LogP contribution >= 0.6 is 0 Å². The quantitative estimate of drug-likeness (QED) is 0.392. The van der Waals surface area contributed by atoms with E-state index in [1.165, 1.54) is 0 Å². The first-order valence-corrected chi connectivity index (χ1v) is 5.11. The van der Waals surface area contributed by atoms with E-state index in [9.17, 15) is 4.79 Å². The highest BCUT2D eigenvalue weighted by atomic mass is 16.1. The van der Waals surface area contributed by atoms with Crippen LogP contribution in [0.2, 0.25) is 0 Å². The SMILES string of the molecule is C=CC=C(C=C(C)C(C)(C)N=C=O)C(=C)C. The van der Waals surface area contributed by atoms with Crippen molar-refractivity contribution in [1.29, 1.82) is 0 Å².